The van der Waals surface area contributed by atoms with E-state index in [0.29, 0.717) is 21.4 Å². The van der Waals surface area contributed by atoms with Crippen molar-refractivity contribution in [3.8, 4) is 16.9 Å². The third-order valence-electron chi connectivity index (χ3n) is 8.10. The fourth-order valence-electron chi connectivity index (χ4n) is 5.92. The quantitative estimate of drug-likeness (QED) is 0.228. The molecule has 0 fully saturated rings. The molecule has 1 N–H and O–H groups in total. The first-order chi connectivity index (χ1) is 21.9. The van der Waals surface area contributed by atoms with Crippen molar-refractivity contribution in [1.29, 1.82) is 0 Å². The Morgan fingerprint density at radius 1 is 0.935 bits per heavy atom. The van der Waals surface area contributed by atoms with E-state index in [9.17, 15) is 36.3 Å². The summed E-state index contributed by atoms with van der Waals surface area (Å²) in [6.45, 7) is -0.818. The minimum atomic E-state index is -4.75. The molecule has 12 heteroatoms. The van der Waals surface area contributed by atoms with Gasteiger partial charge in [-0.25, -0.2) is 13.2 Å². The van der Waals surface area contributed by atoms with Gasteiger partial charge in [-0.2, -0.15) is 17.5 Å². The Kier molecular flexibility index (Phi) is 7.95. The highest BCUT2D eigenvalue weighted by atomic mass is 32.2. The molecule has 1 aliphatic rings. The lowest BCUT2D eigenvalue weighted by Crippen LogP contribution is -2.49. The van der Waals surface area contributed by atoms with Crippen molar-refractivity contribution in [3.05, 3.63) is 130 Å². The molecule has 46 heavy (non-hydrogen) atoms. The van der Waals surface area contributed by atoms with E-state index in [1.807, 2.05) is 30.3 Å². The number of carboxylic acid groups (broad SMARTS) is 1. The number of rotatable bonds is 7. The summed E-state index contributed by atoms with van der Waals surface area (Å²) in [5.74, 6) is -0.940. The van der Waals surface area contributed by atoms with Crippen LogP contribution in [0.25, 0.3) is 21.9 Å². The lowest BCUT2D eigenvalue weighted by atomic mass is 9.93. The van der Waals surface area contributed by atoms with E-state index in [1.54, 1.807) is 36.4 Å². The maximum Gasteiger partial charge on any atom is 0.416 e. The number of hydrogen-bond acceptors (Lipinski definition) is 5. The van der Waals surface area contributed by atoms with E-state index >= 15 is 0 Å². The second kappa shape index (κ2) is 11.8. The summed E-state index contributed by atoms with van der Waals surface area (Å²) >= 11 is 0. The topological polar surface area (TPSA) is 106 Å². The molecule has 0 saturated heterocycles. The average molecular weight is 649 g/mol. The monoisotopic (exact) mass is 648 g/mol. The molecule has 0 radical (unpaired) electrons. The number of methoxy groups -OCH3 is 1. The van der Waals surface area contributed by atoms with Crippen molar-refractivity contribution in [2.45, 2.75) is 30.2 Å². The van der Waals surface area contributed by atoms with Gasteiger partial charge in [-0.15, -0.1) is 0 Å². The molecule has 1 atom stereocenters. The summed E-state index contributed by atoms with van der Waals surface area (Å²) in [6.07, 6.45) is -4.76. The van der Waals surface area contributed by atoms with Crippen molar-refractivity contribution in [2.75, 3.05) is 13.7 Å². The molecule has 0 bridgehead atoms. The molecular weight excluding hydrogens is 621 g/mol. The van der Waals surface area contributed by atoms with Crippen LogP contribution in [0.4, 0.5) is 13.2 Å². The zero-order valence-electron chi connectivity index (χ0n) is 24.4. The summed E-state index contributed by atoms with van der Waals surface area (Å²) in [6, 6.07) is 23.0. The average Bonchev–Trinajstić information content (AvgIpc) is 3.02. The van der Waals surface area contributed by atoms with Gasteiger partial charge in [0, 0.05) is 24.7 Å². The number of carboxylic acids is 1. The van der Waals surface area contributed by atoms with E-state index in [-0.39, 0.29) is 29.7 Å². The first-order valence-corrected chi connectivity index (χ1v) is 15.6. The molecule has 4 aromatic carbocycles. The highest BCUT2D eigenvalue weighted by Crippen LogP contribution is 2.40. The second-order valence-corrected chi connectivity index (χ2v) is 12.8. The van der Waals surface area contributed by atoms with Gasteiger partial charge in [0.2, 0.25) is 0 Å². The van der Waals surface area contributed by atoms with E-state index in [0.717, 1.165) is 39.3 Å². The molecule has 2 heterocycles. The van der Waals surface area contributed by atoms with Crippen LogP contribution < -0.4 is 10.3 Å². The van der Waals surface area contributed by atoms with Crippen LogP contribution in [0, 0.1) is 0 Å². The molecule has 1 aliphatic heterocycles. The SMILES string of the molecule is COc1ccc(CN2C[C@@H](C(=O)O)n3c(c(-c4cccc(C(F)(F)F)c4)c(Cc4cccc5ccccc45)cc3=O)S2(=O)=O)cc1. The van der Waals surface area contributed by atoms with Gasteiger partial charge in [0.05, 0.1) is 12.7 Å². The molecule has 0 spiro atoms. The van der Waals surface area contributed by atoms with E-state index in [4.69, 9.17) is 4.74 Å². The smallest absolute Gasteiger partial charge is 0.416 e. The number of aromatic nitrogens is 1. The summed E-state index contributed by atoms with van der Waals surface area (Å²) < 4.78 is 77.5. The Morgan fingerprint density at radius 3 is 2.33 bits per heavy atom. The molecule has 0 amide bonds. The van der Waals surface area contributed by atoms with Gasteiger partial charge in [-0.05, 0) is 63.7 Å². The van der Waals surface area contributed by atoms with Crippen LogP contribution in [0.2, 0.25) is 0 Å². The fourth-order valence-corrected chi connectivity index (χ4v) is 7.79. The van der Waals surface area contributed by atoms with Gasteiger partial charge in [0.25, 0.3) is 15.6 Å². The molecular formula is C34H27F3N2O6S. The lowest BCUT2D eigenvalue weighted by molar-refractivity contribution is -0.141. The summed E-state index contributed by atoms with van der Waals surface area (Å²) in [4.78, 5) is 26.3. The number of ether oxygens (including phenoxy) is 1. The fraction of sp³-hybridized carbons (Fsp3) is 0.176. The Balaban J connectivity index is 1.63. The number of nitrogens with zero attached hydrogens (tertiary/aromatic N) is 2. The number of fused-ring (bicyclic) bond motifs is 2. The van der Waals surface area contributed by atoms with Crippen LogP contribution in [0.5, 0.6) is 5.75 Å². The molecule has 1 aromatic heterocycles. The van der Waals surface area contributed by atoms with E-state index in [2.05, 4.69) is 0 Å². The number of halogens is 3. The minimum Gasteiger partial charge on any atom is -0.497 e. The predicted octanol–water partition coefficient (Wildman–Crippen LogP) is 6.12. The largest absolute Gasteiger partial charge is 0.497 e. The van der Waals surface area contributed by atoms with Crippen molar-refractivity contribution in [3.63, 3.8) is 0 Å². The summed E-state index contributed by atoms with van der Waals surface area (Å²) in [5.41, 5.74) is -0.834. The van der Waals surface area contributed by atoms with Crippen LogP contribution >= 0.6 is 0 Å². The van der Waals surface area contributed by atoms with Crippen LogP contribution in [0.3, 0.4) is 0 Å². The van der Waals surface area contributed by atoms with Gasteiger partial charge in [-0.3, -0.25) is 9.36 Å². The number of alkyl halides is 3. The number of pyridine rings is 1. The maximum atomic E-state index is 14.5. The lowest BCUT2D eigenvalue weighted by Gasteiger charge is -2.35. The van der Waals surface area contributed by atoms with Crippen LogP contribution in [-0.2, 0) is 34.0 Å². The maximum absolute atomic E-state index is 14.5. The standard InChI is InChI=1S/C34H27F3N2O6S/c1-45-27-14-12-21(13-15-27)19-38-20-29(33(41)42)39-30(40)18-25(16-23-8-4-7-22-6-2-3-11-28(22)23)31(32(39)46(38,43)44)24-9-5-10-26(17-24)34(35,36)37/h2-15,17-18,29H,16,19-20H2,1H3,(H,41,42)/t29-/m0/s1. The van der Waals surface area contributed by atoms with E-state index < -0.39 is 50.9 Å². The molecule has 236 valence electrons. The van der Waals surface area contributed by atoms with Gasteiger partial charge < -0.3 is 9.84 Å². The second-order valence-electron chi connectivity index (χ2n) is 11.0. The highest BCUT2D eigenvalue weighted by molar-refractivity contribution is 7.89. The molecule has 5 aromatic rings. The van der Waals surface area contributed by atoms with Crippen LogP contribution in [0.15, 0.2) is 107 Å². The first-order valence-electron chi connectivity index (χ1n) is 14.2. The van der Waals surface area contributed by atoms with Gasteiger partial charge >= 0.3 is 12.1 Å². The van der Waals surface area contributed by atoms with Crippen molar-refractivity contribution < 1.29 is 36.2 Å². The van der Waals surface area contributed by atoms with Gasteiger partial charge in [0.1, 0.15) is 11.8 Å². The Bertz CT molecular complexity index is 2140. The normalized spacial score (nSPS) is 16.2. The Morgan fingerprint density at radius 2 is 1.63 bits per heavy atom. The third-order valence-corrected chi connectivity index (χ3v) is 9.95. The van der Waals surface area contributed by atoms with Crippen LogP contribution in [0.1, 0.15) is 28.3 Å². The molecule has 8 nitrogen and oxygen atoms in total. The Labute approximate surface area is 262 Å². The van der Waals surface area contributed by atoms with Gasteiger partial charge in [0.15, 0.2) is 5.03 Å². The number of hydrogen-bond donors (Lipinski definition) is 1. The number of sulfonamides is 1. The Hall–Kier alpha value is -4.94. The number of carbonyl (C=O) groups is 1. The van der Waals surface area contributed by atoms with Crippen molar-refractivity contribution in [2.24, 2.45) is 0 Å². The molecule has 6 rings (SSSR count). The van der Waals surface area contributed by atoms with Gasteiger partial charge in [-0.1, -0.05) is 66.7 Å². The summed E-state index contributed by atoms with van der Waals surface area (Å²) in [5, 5.41) is 11.2. The highest BCUT2D eigenvalue weighted by Gasteiger charge is 2.43. The summed E-state index contributed by atoms with van der Waals surface area (Å²) in [7, 11) is -3.18. The zero-order chi connectivity index (χ0) is 32.8. The number of aliphatic carboxylic acids is 1. The molecule has 0 aliphatic carbocycles. The van der Waals surface area contributed by atoms with Crippen molar-refractivity contribution in [1.82, 2.24) is 8.87 Å². The predicted molar refractivity (Wildman–Crippen MR) is 165 cm³/mol. The van der Waals surface area contributed by atoms with E-state index in [1.165, 1.54) is 13.2 Å². The molecule has 0 saturated carbocycles. The first kappa shape index (κ1) is 31.1. The molecule has 0 unspecified atom stereocenters. The zero-order valence-corrected chi connectivity index (χ0v) is 25.2. The van der Waals surface area contributed by atoms with Crippen molar-refractivity contribution >= 4 is 26.8 Å². The number of benzene rings is 4. The third kappa shape index (κ3) is 5.65. The minimum absolute atomic E-state index is 0.0122. The van der Waals surface area contributed by atoms with Crippen LogP contribution in [-0.4, -0.2) is 42.0 Å².